The van der Waals surface area contributed by atoms with Crippen LogP contribution in [0.15, 0.2) is 35.6 Å². The molecule has 1 aromatic rings. The number of hydrogen-bond acceptors (Lipinski definition) is 5. The van der Waals surface area contributed by atoms with E-state index in [9.17, 15) is 22.9 Å². The van der Waals surface area contributed by atoms with Crippen LogP contribution in [0.3, 0.4) is 0 Å². The molecule has 1 aliphatic carbocycles. The van der Waals surface area contributed by atoms with Crippen LogP contribution < -0.4 is 0 Å². The number of Topliss-reactive ketones (excluding diaryl/α,β-unsaturated/α-hetero) is 1. The molecule has 1 aliphatic rings. The van der Waals surface area contributed by atoms with E-state index < -0.39 is 20.8 Å². The summed E-state index contributed by atoms with van der Waals surface area (Å²) in [5.74, 6) is -1.24. The zero-order valence-corrected chi connectivity index (χ0v) is 15.0. The standard InChI is InChI=1S/C16H20O5S2/c1-9(2)15-12(18)6-5-10(3)16(15,23(19,20)21)14-8-7-13(22-14)11(4)17/h5-10,18H,1-4H3,(H,19,20,21). The maximum absolute atomic E-state index is 12.5. The summed E-state index contributed by atoms with van der Waals surface area (Å²) in [6.45, 7) is 6.59. The number of thiophene rings is 1. The highest BCUT2D eigenvalue weighted by atomic mass is 32.2. The zero-order valence-electron chi connectivity index (χ0n) is 13.4. The molecule has 2 N–H and O–H groups in total. The smallest absolute Gasteiger partial charge is 0.280 e. The average molecular weight is 356 g/mol. The lowest BCUT2D eigenvalue weighted by molar-refractivity contribution is 0.102. The molecular weight excluding hydrogens is 336 g/mol. The normalized spacial score (nSPS) is 25.2. The molecule has 0 spiro atoms. The van der Waals surface area contributed by atoms with Gasteiger partial charge in [0.05, 0.1) is 4.88 Å². The van der Waals surface area contributed by atoms with E-state index in [2.05, 4.69) is 0 Å². The van der Waals surface area contributed by atoms with E-state index in [-0.39, 0.29) is 23.0 Å². The molecule has 1 aromatic heterocycles. The molecule has 0 bridgehead atoms. The van der Waals surface area contributed by atoms with E-state index in [1.54, 1.807) is 39.0 Å². The molecule has 0 aromatic carbocycles. The van der Waals surface area contributed by atoms with Crippen molar-refractivity contribution in [2.24, 2.45) is 11.8 Å². The van der Waals surface area contributed by atoms with Crippen LogP contribution in [0.4, 0.5) is 0 Å². The van der Waals surface area contributed by atoms with Crippen molar-refractivity contribution >= 4 is 27.2 Å². The first-order chi connectivity index (χ1) is 10.5. The molecule has 5 nitrogen and oxygen atoms in total. The average Bonchev–Trinajstić information content (AvgIpc) is 2.89. The Hall–Kier alpha value is -1.44. The van der Waals surface area contributed by atoms with Crippen LogP contribution in [0.2, 0.25) is 0 Å². The first-order valence-corrected chi connectivity index (χ1v) is 9.49. The molecule has 1 heterocycles. The second-order valence-electron chi connectivity index (χ2n) is 6.03. The number of carbonyl (C=O) groups is 1. The highest BCUT2D eigenvalue weighted by Gasteiger charge is 2.55. The van der Waals surface area contributed by atoms with Crippen molar-refractivity contribution in [3.63, 3.8) is 0 Å². The second-order valence-corrected chi connectivity index (χ2v) is 8.71. The maximum atomic E-state index is 12.5. The van der Waals surface area contributed by atoms with Gasteiger partial charge < -0.3 is 5.11 Å². The maximum Gasteiger partial charge on any atom is 0.280 e. The van der Waals surface area contributed by atoms with Crippen LogP contribution >= 0.6 is 11.3 Å². The van der Waals surface area contributed by atoms with E-state index in [0.29, 0.717) is 9.75 Å². The summed E-state index contributed by atoms with van der Waals surface area (Å²) in [6, 6.07) is 3.09. The molecule has 23 heavy (non-hydrogen) atoms. The van der Waals surface area contributed by atoms with Crippen LogP contribution in [0.1, 0.15) is 42.2 Å². The molecule has 0 amide bonds. The Labute approximate surface area is 140 Å². The predicted molar refractivity (Wildman–Crippen MR) is 90.3 cm³/mol. The third kappa shape index (κ3) is 2.66. The number of aliphatic hydroxyl groups excluding tert-OH is 1. The van der Waals surface area contributed by atoms with Crippen LogP contribution in [0.25, 0.3) is 0 Å². The molecule has 0 fully saturated rings. The van der Waals surface area contributed by atoms with Crippen LogP contribution in [-0.2, 0) is 14.9 Å². The quantitative estimate of drug-likeness (QED) is 0.634. The summed E-state index contributed by atoms with van der Waals surface area (Å²) < 4.78 is 33.3. The van der Waals surface area contributed by atoms with E-state index in [0.717, 1.165) is 11.3 Å². The number of hydrogen-bond donors (Lipinski definition) is 2. The molecular formula is C16H20O5S2. The Balaban J connectivity index is 2.88. The minimum absolute atomic E-state index is 0.159. The second kappa shape index (κ2) is 5.89. The predicted octanol–water partition coefficient (Wildman–Crippen LogP) is 3.71. The van der Waals surface area contributed by atoms with Gasteiger partial charge >= 0.3 is 0 Å². The lowest BCUT2D eigenvalue weighted by Gasteiger charge is -2.40. The Morgan fingerprint density at radius 1 is 1.35 bits per heavy atom. The van der Waals surface area contributed by atoms with E-state index in [1.165, 1.54) is 13.0 Å². The topological polar surface area (TPSA) is 91.7 Å². The van der Waals surface area contributed by atoms with Gasteiger partial charge in [-0.15, -0.1) is 11.3 Å². The van der Waals surface area contributed by atoms with Crippen molar-refractivity contribution in [1.82, 2.24) is 0 Å². The zero-order chi connectivity index (χ0) is 17.6. The van der Waals surface area contributed by atoms with Crippen molar-refractivity contribution in [3.8, 4) is 0 Å². The largest absolute Gasteiger partial charge is 0.508 e. The Morgan fingerprint density at radius 2 is 1.96 bits per heavy atom. The Morgan fingerprint density at radius 3 is 2.39 bits per heavy atom. The van der Waals surface area contributed by atoms with Crippen molar-refractivity contribution in [1.29, 1.82) is 0 Å². The molecule has 0 saturated heterocycles. The van der Waals surface area contributed by atoms with Crippen LogP contribution in [-0.4, -0.2) is 23.9 Å². The van der Waals surface area contributed by atoms with Gasteiger partial charge in [0.2, 0.25) is 0 Å². The number of rotatable bonds is 4. The molecule has 2 atom stereocenters. The third-order valence-corrected chi connectivity index (χ3v) is 7.24. The minimum Gasteiger partial charge on any atom is -0.508 e. The fraction of sp³-hybridized carbons (Fsp3) is 0.438. The summed E-state index contributed by atoms with van der Waals surface area (Å²) >= 11 is 1.03. The van der Waals surface area contributed by atoms with Gasteiger partial charge in [0.25, 0.3) is 10.1 Å². The van der Waals surface area contributed by atoms with Gasteiger partial charge in [-0.1, -0.05) is 26.8 Å². The number of carbonyl (C=O) groups excluding carboxylic acids is 1. The van der Waals surface area contributed by atoms with Gasteiger partial charge in [-0.2, -0.15) is 8.42 Å². The van der Waals surface area contributed by atoms with E-state index in [1.807, 2.05) is 0 Å². The van der Waals surface area contributed by atoms with Crippen LogP contribution in [0.5, 0.6) is 0 Å². The summed E-state index contributed by atoms with van der Waals surface area (Å²) in [4.78, 5) is 12.3. The van der Waals surface area contributed by atoms with Gasteiger partial charge in [-0.3, -0.25) is 9.35 Å². The highest BCUT2D eigenvalue weighted by molar-refractivity contribution is 7.87. The Bertz CT molecular complexity index is 798. The molecule has 0 radical (unpaired) electrons. The summed E-state index contributed by atoms with van der Waals surface area (Å²) in [6.07, 6.45) is 3.02. The summed E-state index contributed by atoms with van der Waals surface area (Å²) in [5, 5.41) is 10.3. The fourth-order valence-corrected chi connectivity index (χ4v) is 6.24. The number of allylic oxidation sites excluding steroid dienone is 2. The minimum atomic E-state index is -4.60. The molecule has 126 valence electrons. The highest BCUT2D eigenvalue weighted by Crippen LogP contribution is 2.52. The van der Waals surface area contributed by atoms with Gasteiger partial charge in [-0.25, -0.2) is 0 Å². The van der Waals surface area contributed by atoms with Crippen LogP contribution in [0, 0.1) is 11.8 Å². The number of aliphatic hydroxyl groups is 1. The van der Waals surface area contributed by atoms with Crippen molar-refractivity contribution < 1.29 is 22.9 Å². The van der Waals surface area contributed by atoms with Gasteiger partial charge in [-0.05, 0) is 31.1 Å². The Kier molecular flexibility index (Phi) is 4.58. The molecule has 2 rings (SSSR count). The van der Waals surface area contributed by atoms with Gasteiger partial charge in [0.1, 0.15) is 5.76 Å². The van der Waals surface area contributed by atoms with Crippen molar-refractivity contribution in [3.05, 3.63) is 45.4 Å². The van der Waals surface area contributed by atoms with Crippen molar-refractivity contribution in [2.45, 2.75) is 32.4 Å². The lowest BCUT2D eigenvalue weighted by atomic mass is 9.76. The summed E-state index contributed by atoms with van der Waals surface area (Å²) in [5.41, 5.74) is 0.243. The number of ketones is 1. The monoisotopic (exact) mass is 356 g/mol. The SMILES string of the molecule is CC(=O)c1ccc(C2(S(=O)(=O)O)C(C(C)C)=C(O)C=CC2C)s1. The van der Waals surface area contributed by atoms with Gasteiger partial charge in [0.15, 0.2) is 10.5 Å². The first-order valence-electron chi connectivity index (χ1n) is 7.23. The van der Waals surface area contributed by atoms with Gasteiger partial charge in [0, 0.05) is 16.4 Å². The van der Waals surface area contributed by atoms with E-state index in [4.69, 9.17) is 0 Å². The van der Waals surface area contributed by atoms with Crippen molar-refractivity contribution in [2.75, 3.05) is 0 Å². The molecule has 2 unspecified atom stereocenters. The van der Waals surface area contributed by atoms with E-state index >= 15 is 0 Å². The lowest BCUT2D eigenvalue weighted by Crippen LogP contribution is -2.45. The molecule has 0 saturated carbocycles. The fourth-order valence-electron chi connectivity index (χ4n) is 3.21. The summed E-state index contributed by atoms with van der Waals surface area (Å²) in [7, 11) is -4.60. The molecule has 0 aliphatic heterocycles. The first kappa shape index (κ1) is 17.9. The molecule has 7 heteroatoms. The third-order valence-electron chi connectivity index (χ3n) is 4.16.